The molecule has 0 amide bonds. The lowest BCUT2D eigenvalue weighted by molar-refractivity contribution is 0.0674. The average Bonchev–Trinajstić information content (AvgIpc) is 3.53. The summed E-state index contributed by atoms with van der Waals surface area (Å²) in [4.78, 5) is 41.2. The molecule has 0 fully saturated rings. The van der Waals surface area contributed by atoms with E-state index >= 15 is 0 Å². The van der Waals surface area contributed by atoms with Crippen molar-refractivity contribution < 1.29 is 24.6 Å². The van der Waals surface area contributed by atoms with Gasteiger partial charge in [0.15, 0.2) is 17.3 Å². The van der Waals surface area contributed by atoms with Gasteiger partial charge in [-0.15, -0.1) is 10.2 Å². The molecule has 0 saturated heterocycles. The number of nitrogens with zero attached hydrogens (tertiary/aromatic N) is 6. The third-order valence-corrected chi connectivity index (χ3v) is 5.73. The third-order valence-electron chi connectivity index (χ3n) is 5.73. The summed E-state index contributed by atoms with van der Waals surface area (Å²) in [5, 5.41) is 31.3. The van der Waals surface area contributed by atoms with Crippen LogP contribution in [0.3, 0.4) is 0 Å². The van der Waals surface area contributed by atoms with Gasteiger partial charge in [0.2, 0.25) is 5.82 Å². The molecule has 5 rings (SSSR count). The van der Waals surface area contributed by atoms with Gasteiger partial charge in [-0.25, -0.2) is 14.6 Å². The van der Waals surface area contributed by atoms with Crippen molar-refractivity contribution in [3.8, 4) is 0 Å². The number of fused-ring (bicyclic) bond motifs is 1. The number of carboxylic acid groups (broad SMARTS) is 2. The van der Waals surface area contributed by atoms with Crippen LogP contribution < -0.4 is 0 Å². The van der Waals surface area contributed by atoms with Gasteiger partial charge in [-0.1, -0.05) is 48.5 Å². The van der Waals surface area contributed by atoms with E-state index in [4.69, 9.17) is 0 Å². The highest BCUT2D eigenvalue weighted by atomic mass is 16.4. The van der Waals surface area contributed by atoms with Gasteiger partial charge < -0.3 is 14.8 Å². The molecule has 4 aromatic rings. The van der Waals surface area contributed by atoms with Crippen molar-refractivity contribution >= 4 is 17.7 Å². The number of benzene rings is 2. The number of aromatic carboxylic acids is 2. The maximum absolute atomic E-state index is 13.1. The first-order valence-corrected chi connectivity index (χ1v) is 10.4. The monoisotopic (exact) mass is 458 g/mol. The topological polar surface area (TPSA) is 153 Å². The minimum absolute atomic E-state index is 0.207. The minimum Gasteiger partial charge on any atom is -0.476 e. The Bertz CT molecular complexity index is 1420. The summed E-state index contributed by atoms with van der Waals surface area (Å²) in [6, 6.07) is 14.1. The molecule has 1 aliphatic carbocycles. The maximum Gasteiger partial charge on any atom is 0.372 e. The van der Waals surface area contributed by atoms with E-state index in [2.05, 4.69) is 20.4 Å². The summed E-state index contributed by atoms with van der Waals surface area (Å²) in [6.45, 7) is 0.478. The molecule has 34 heavy (non-hydrogen) atoms. The Morgan fingerprint density at radius 2 is 1.82 bits per heavy atom. The summed E-state index contributed by atoms with van der Waals surface area (Å²) in [5.41, 5.74) is 2.64. The Balaban J connectivity index is 1.41. The van der Waals surface area contributed by atoms with E-state index in [0.717, 1.165) is 27.5 Å². The quantitative estimate of drug-likeness (QED) is 0.422. The molecular weight excluding hydrogens is 440 g/mol. The van der Waals surface area contributed by atoms with Gasteiger partial charge in [0.25, 0.3) is 0 Å². The van der Waals surface area contributed by atoms with Crippen molar-refractivity contribution in [2.24, 2.45) is 0 Å². The Morgan fingerprint density at radius 1 is 1.03 bits per heavy atom. The number of imidazole rings is 1. The molecule has 2 aromatic carbocycles. The van der Waals surface area contributed by atoms with E-state index in [9.17, 15) is 24.6 Å². The molecule has 2 heterocycles. The minimum atomic E-state index is -1.41. The lowest BCUT2D eigenvalue weighted by Gasteiger charge is -2.11. The van der Waals surface area contributed by atoms with Crippen LogP contribution in [0.2, 0.25) is 0 Å². The van der Waals surface area contributed by atoms with Crippen molar-refractivity contribution in [1.29, 1.82) is 0 Å². The Hall–Kier alpha value is -4.67. The van der Waals surface area contributed by atoms with Crippen molar-refractivity contribution in [2.45, 2.75) is 25.4 Å². The van der Waals surface area contributed by atoms with Crippen LogP contribution in [0.25, 0.3) is 0 Å². The predicted molar refractivity (Wildman–Crippen MR) is 116 cm³/mol. The first kappa shape index (κ1) is 21.2. The number of rotatable bonds is 7. The highest BCUT2D eigenvalue weighted by Crippen LogP contribution is 2.34. The second-order valence-electron chi connectivity index (χ2n) is 7.89. The molecule has 1 aliphatic rings. The third kappa shape index (κ3) is 3.83. The van der Waals surface area contributed by atoms with Gasteiger partial charge in [0, 0.05) is 24.6 Å². The number of carboxylic acids is 2. The van der Waals surface area contributed by atoms with Crippen LogP contribution in [0.1, 0.15) is 60.0 Å². The number of carbonyl (C=O) groups excluding carboxylic acids is 1. The molecule has 0 saturated carbocycles. The molecule has 0 spiro atoms. The zero-order valence-electron chi connectivity index (χ0n) is 17.7. The van der Waals surface area contributed by atoms with Crippen molar-refractivity contribution in [1.82, 2.24) is 29.8 Å². The van der Waals surface area contributed by atoms with Crippen LogP contribution in [0, 0.1) is 0 Å². The van der Waals surface area contributed by atoms with Gasteiger partial charge in [-0.2, -0.15) is 4.80 Å². The smallest absolute Gasteiger partial charge is 0.372 e. The number of tetrazole rings is 1. The predicted octanol–water partition coefficient (Wildman–Crippen LogP) is 1.89. The molecule has 0 radical (unpaired) electrons. The molecule has 0 aliphatic heterocycles. The van der Waals surface area contributed by atoms with E-state index in [1.54, 1.807) is 12.1 Å². The number of hydrogen-bond acceptors (Lipinski definition) is 7. The number of aromatic nitrogens is 6. The van der Waals surface area contributed by atoms with Crippen LogP contribution in [-0.2, 0) is 19.4 Å². The summed E-state index contributed by atoms with van der Waals surface area (Å²) in [7, 11) is 0. The van der Waals surface area contributed by atoms with E-state index in [1.807, 2.05) is 36.4 Å². The van der Waals surface area contributed by atoms with E-state index in [0.29, 0.717) is 24.4 Å². The molecule has 1 atom stereocenters. The van der Waals surface area contributed by atoms with Gasteiger partial charge in [-0.3, -0.25) is 4.79 Å². The van der Waals surface area contributed by atoms with Gasteiger partial charge in [0.05, 0.1) is 6.54 Å². The largest absolute Gasteiger partial charge is 0.476 e. The van der Waals surface area contributed by atoms with Crippen molar-refractivity contribution in [3.63, 3.8) is 0 Å². The molecule has 11 heteroatoms. The van der Waals surface area contributed by atoms with Crippen LogP contribution in [-0.4, -0.2) is 57.7 Å². The van der Waals surface area contributed by atoms with E-state index < -0.39 is 29.5 Å². The molecule has 1 unspecified atom stereocenters. The number of Topliss-reactive ketones (excluding diaryl/α,β-unsaturated/α-hetero) is 1. The molecule has 0 bridgehead atoms. The normalized spacial score (nSPS) is 14.8. The standard InChI is InChI=1S/C23H18N6O5/c30-20-15-8-4-7-14(9-19-25-27-29(26-19)11-13-5-2-1-3-6-13)16(15)10-18(20)28-12-17(22(31)32)24-21(28)23(33)34/h1-8,12,18H,9-11H2,(H,31,32)(H,33,34). The summed E-state index contributed by atoms with van der Waals surface area (Å²) in [5.74, 6) is -3.07. The van der Waals surface area contributed by atoms with Gasteiger partial charge >= 0.3 is 11.9 Å². The lowest BCUT2D eigenvalue weighted by atomic mass is 10.0. The summed E-state index contributed by atoms with van der Waals surface area (Å²) in [6.07, 6.45) is 1.64. The zero-order chi connectivity index (χ0) is 23.8. The second-order valence-corrected chi connectivity index (χ2v) is 7.89. The fraction of sp³-hybridized carbons (Fsp3) is 0.174. The van der Waals surface area contributed by atoms with Crippen LogP contribution in [0.15, 0.2) is 54.7 Å². The SMILES string of the molecule is O=C(O)c1cn(C2Cc3c(Cc4nnn(Cc5ccccc5)n4)cccc3C2=O)c(C(=O)O)n1. The molecule has 2 aromatic heterocycles. The Kier molecular flexibility index (Phi) is 5.21. The van der Waals surface area contributed by atoms with Crippen LogP contribution in [0.4, 0.5) is 0 Å². The fourth-order valence-electron chi connectivity index (χ4n) is 4.19. The number of carbonyl (C=O) groups is 3. The van der Waals surface area contributed by atoms with Gasteiger partial charge in [0.1, 0.15) is 6.04 Å². The van der Waals surface area contributed by atoms with Crippen LogP contribution in [0.5, 0.6) is 0 Å². The van der Waals surface area contributed by atoms with Crippen LogP contribution >= 0.6 is 0 Å². The zero-order valence-corrected chi connectivity index (χ0v) is 17.7. The molecule has 170 valence electrons. The van der Waals surface area contributed by atoms with E-state index in [-0.39, 0.29) is 12.2 Å². The summed E-state index contributed by atoms with van der Waals surface area (Å²) < 4.78 is 1.13. The Labute approximate surface area is 192 Å². The lowest BCUT2D eigenvalue weighted by Crippen LogP contribution is -2.20. The average molecular weight is 458 g/mol. The van der Waals surface area contributed by atoms with Crippen molar-refractivity contribution in [2.75, 3.05) is 0 Å². The Morgan fingerprint density at radius 3 is 2.56 bits per heavy atom. The molecular formula is C23H18N6O5. The highest BCUT2D eigenvalue weighted by Gasteiger charge is 2.36. The first-order chi connectivity index (χ1) is 16.4. The number of ketones is 1. The van der Waals surface area contributed by atoms with Crippen molar-refractivity contribution in [3.05, 3.63) is 94.3 Å². The first-order valence-electron chi connectivity index (χ1n) is 10.4. The van der Waals surface area contributed by atoms with Gasteiger partial charge in [-0.05, 0) is 21.9 Å². The highest BCUT2D eigenvalue weighted by molar-refractivity contribution is 6.04. The summed E-state index contributed by atoms with van der Waals surface area (Å²) >= 11 is 0. The molecule has 2 N–H and O–H groups in total. The van der Waals surface area contributed by atoms with E-state index in [1.165, 1.54) is 4.80 Å². The maximum atomic E-state index is 13.1. The molecule has 11 nitrogen and oxygen atoms in total. The fourth-order valence-corrected chi connectivity index (χ4v) is 4.19. The number of hydrogen-bond donors (Lipinski definition) is 2. The second kappa shape index (κ2) is 8.35.